The molecule has 3 N–H and O–H groups in total. The van der Waals surface area contributed by atoms with E-state index < -0.39 is 0 Å². The fraction of sp³-hybridized carbons (Fsp3) is 0.625. The van der Waals surface area contributed by atoms with Crippen LogP contribution in [0.5, 0.6) is 0 Å². The molecule has 0 atom stereocenters. The van der Waals surface area contributed by atoms with Gasteiger partial charge in [0.1, 0.15) is 5.01 Å². The molecule has 0 saturated heterocycles. The van der Waals surface area contributed by atoms with E-state index in [9.17, 15) is 4.79 Å². The second-order valence-corrected chi connectivity index (χ2v) is 4.41. The first kappa shape index (κ1) is 11.1. The highest BCUT2D eigenvalue weighted by Crippen LogP contribution is 2.15. The van der Waals surface area contributed by atoms with E-state index in [1.54, 1.807) is 0 Å². The average molecular weight is 214 g/mol. The molecule has 0 radical (unpaired) electrons. The summed E-state index contributed by atoms with van der Waals surface area (Å²) in [5, 5.41) is 11.5. The predicted molar refractivity (Wildman–Crippen MR) is 55.9 cm³/mol. The zero-order valence-electron chi connectivity index (χ0n) is 8.28. The molecule has 0 saturated carbocycles. The summed E-state index contributed by atoms with van der Waals surface area (Å²) >= 11 is 1.31. The second kappa shape index (κ2) is 5.02. The molecule has 0 aromatic carbocycles. The van der Waals surface area contributed by atoms with Gasteiger partial charge in [-0.1, -0.05) is 25.2 Å². The number of anilines is 1. The van der Waals surface area contributed by atoms with Gasteiger partial charge in [0, 0.05) is 13.0 Å². The standard InChI is InChI=1S/C8H14N4OS/c1-5(2)3-6(13)10-8-12-11-7(4-9)14-8/h5H,3-4,9H2,1-2H3,(H,10,12,13). The molecule has 5 nitrogen and oxygen atoms in total. The highest BCUT2D eigenvalue weighted by molar-refractivity contribution is 7.15. The van der Waals surface area contributed by atoms with Crippen molar-refractivity contribution in [3.8, 4) is 0 Å². The van der Waals surface area contributed by atoms with Crippen molar-refractivity contribution >= 4 is 22.4 Å². The molecule has 0 bridgehead atoms. The van der Waals surface area contributed by atoms with E-state index >= 15 is 0 Å². The van der Waals surface area contributed by atoms with Gasteiger partial charge in [-0.05, 0) is 5.92 Å². The molecule has 0 aliphatic heterocycles. The van der Waals surface area contributed by atoms with Crippen molar-refractivity contribution in [2.75, 3.05) is 5.32 Å². The SMILES string of the molecule is CC(C)CC(=O)Nc1nnc(CN)s1. The van der Waals surface area contributed by atoms with Crippen LogP contribution in [0.25, 0.3) is 0 Å². The summed E-state index contributed by atoms with van der Waals surface area (Å²) in [6, 6.07) is 0. The molecule has 0 aliphatic carbocycles. The quantitative estimate of drug-likeness (QED) is 0.783. The van der Waals surface area contributed by atoms with E-state index in [-0.39, 0.29) is 5.91 Å². The summed E-state index contributed by atoms with van der Waals surface area (Å²) in [5.41, 5.74) is 5.37. The molecule has 0 unspecified atom stereocenters. The predicted octanol–water partition coefficient (Wildman–Crippen LogP) is 0.981. The fourth-order valence-electron chi connectivity index (χ4n) is 0.928. The zero-order valence-corrected chi connectivity index (χ0v) is 9.10. The number of nitrogens with one attached hydrogen (secondary N) is 1. The number of aromatic nitrogens is 2. The van der Waals surface area contributed by atoms with Gasteiger partial charge < -0.3 is 11.1 Å². The maximum absolute atomic E-state index is 11.3. The second-order valence-electron chi connectivity index (χ2n) is 3.35. The van der Waals surface area contributed by atoms with E-state index in [4.69, 9.17) is 5.73 Å². The van der Waals surface area contributed by atoms with E-state index in [0.29, 0.717) is 24.0 Å². The minimum Gasteiger partial charge on any atom is -0.324 e. The Labute approximate surface area is 86.7 Å². The first-order valence-corrected chi connectivity index (χ1v) is 5.25. The van der Waals surface area contributed by atoms with Crippen LogP contribution in [0.4, 0.5) is 5.13 Å². The summed E-state index contributed by atoms with van der Waals surface area (Å²) in [6.45, 7) is 4.34. The molecule has 1 rings (SSSR count). The van der Waals surface area contributed by atoms with E-state index in [1.807, 2.05) is 13.8 Å². The summed E-state index contributed by atoms with van der Waals surface area (Å²) < 4.78 is 0. The van der Waals surface area contributed by atoms with Crippen molar-refractivity contribution in [1.29, 1.82) is 0 Å². The molecule has 78 valence electrons. The number of carbonyl (C=O) groups excluding carboxylic acids is 1. The van der Waals surface area contributed by atoms with Crippen LogP contribution < -0.4 is 11.1 Å². The Kier molecular flexibility index (Phi) is 3.97. The van der Waals surface area contributed by atoms with Crippen LogP contribution in [-0.4, -0.2) is 16.1 Å². The molecule has 1 aromatic heterocycles. The third kappa shape index (κ3) is 3.39. The van der Waals surface area contributed by atoms with Gasteiger partial charge >= 0.3 is 0 Å². The largest absolute Gasteiger partial charge is 0.324 e. The van der Waals surface area contributed by atoms with Crippen LogP contribution in [0.15, 0.2) is 0 Å². The molecule has 0 spiro atoms. The minimum absolute atomic E-state index is 0.0280. The third-order valence-corrected chi connectivity index (χ3v) is 2.34. The van der Waals surface area contributed by atoms with Crippen LogP contribution in [0.2, 0.25) is 0 Å². The van der Waals surface area contributed by atoms with Crippen molar-refractivity contribution in [3.63, 3.8) is 0 Å². The Hall–Kier alpha value is -1.01. The van der Waals surface area contributed by atoms with E-state index in [1.165, 1.54) is 11.3 Å². The Bertz CT molecular complexity index is 310. The number of hydrogen-bond donors (Lipinski definition) is 2. The minimum atomic E-state index is -0.0280. The first-order chi connectivity index (χ1) is 6.61. The van der Waals surface area contributed by atoms with Crippen LogP contribution in [0.1, 0.15) is 25.3 Å². The van der Waals surface area contributed by atoms with Gasteiger partial charge in [0.2, 0.25) is 11.0 Å². The Balaban J connectivity index is 2.47. The molecule has 0 aliphatic rings. The summed E-state index contributed by atoms with van der Waals surface area (Å²) in [4.78, 5) is 11.3. The molecular formula is C8H14N4OS. The van der Waals surface area contributed by atoms with Crippen molar-refractivity contribution in [2.24, 2.45) is 11.7 Å². The van der Waals surface area contributed by atoms with Crippen LogP contribution in [-0.2, 0) is 11.3 Å². The number of nitrogens with two attached hydrogens (primary N) is 1. The summed E-state index contributed by atoms with van der Waals surface area (Å²) in [7, 11) is 0. The fourth-order valence-corrected chi connectivity index (χ4v) is 1.56. The molecule has 6 heteroatoms. The number of rotatable bonds is 4. The number of amides is 1. The summed E-state index contributed by atoms with van der Waals surface area (Å²) in [5.74, 6) is 0.316. The van der Waals surface area contributed by atoms with Gasteiger partial charge in [-0.3, -0.25) is 4.79 Å². The van der Waals surface area contributed by atoms with Crippen molar-refractivity contribution < 1.29 is 4.79 Å². The normalized spacial score (nSPS) is 10.6. The number of carbonyl (C=O) groups is 1. The Morgan fingerprint density at radius 3 is 2.79 bits per heavy atom. The van der Waals surface area contributed by atoms with Gasteiger partial charge in [-0.25, -0.2) is 0 Å². The molecule has 1 amide bonds. The van der Waals surface area contributed by atoms with Gasteiger partial charge in [-0.15, -0.1) is 10.2 Å². The van der Waals surface area contributed by atoms with Crippen LogP contribution in [0.3, 0.4) is 0 Å². The highest BCUT2D eigenvalue weighted by Gasteiger charge is 2.08. The van der Waals surface area contributed by atoms with Crippen molar-refractivity contribution in [3.05, 3.63) is 5.01 Å². The van der Waals surface area contributed by atoms with Gasteiger partial charge in [-0.2, -0.15) is 0 Å². The zero-order chi connectivity index (χ0) is 10.6. The van der Waals surface area contributed by atoms with Gasteiger partial charge in [0.05, 0.1) is 0 Å². The van der Waals surface area contributed by atoms with Gasteiger partial charge in [0.15, 0.2) is 0 Å². The lowest BCUT2D eigenvalue weighted by Gasteiger charge is -2.02. The monoisotopic (exact) mass is 214 g/mol. The Morgan fingerprint density at radius 1 is 1.57 bits per heavy atom. The summed E-state index contributed by atoms with van der Waals surface area (Å²) in [6.07, 6.45) is 0.498. The first-order valence-electron chi connectivity index (χ1n) is 4.44. The number of nitrogens with zero attached hydrogens (tertiary/aromatic N) is 2. The van der Waals surface area contributed by atoms with Crippen LogP contribution in [0, 0.1) is 5.92 Å². The molecule has 1 heterocycles. The van der Waals surface area contributed by atoms with E-state index in [0.717, 1.165) is 5.01 Å². The van der Waals surface area contributed by atoms with Crippen molar-refractivity contribution in [2.45, 2.75) is 26.8 Å². The molecule has 14 heavy (non-hydrogen) atoms. The maximum atomic E-state index is 11.3. The third-order valence-electron chi connectivity index (χ3n) is 1.48. The highest BCUT2D eigenvalue weighted by atomic mass is 32.1. The molecular weight excluding hydrogens is 200 g/mol. The van der Waals surface area contributed by atoms with E-state index in [2.05, 4.69) is 15.5 Å². The molecule has 0 fully saturated rings. The lowest BCUT2D eigenvalue weighted by Crippen LogP contribution is -2.13. The number of hydrogen-bond acceptors (Lipinski definition) is 5. The molecule has 1 aromatic rings. The average Bonchev–Trinajstić information content (AvgIpc) is 2.50. The topological polar surface area (TPSA) is 80.9 Å². The maximum Gasteiger partial charge on any atom is 0.226 e. The van der Waals surface area contributed by atoms with Gasteiger partial charge in [0.25, 0.3) is 0 Å². The van der Waals surface area contributed by atoms with Crippen LogP contribution >= 0.6 is 11.3 Å². The lowest BCUT2D eigenvalue weighted by molar-refractivity contribution is -0.116. The smallest absolute Gasteiger partial charge is 0.226 e. The Morgan fingerprint density at radius 2 is 2.29 bits per heavy atom. The van der Waals surface area contributed by atoms with Crippen molar-refractivity contribution in [1.82, 2.24) is 10.2 Å². The lowest BCUT2D eigenvalue weighted by atomic mass is 10.1.